The lowest BCUT2D eigenvalue weighted by Crippen LogP contribution is -2.41. The van der Waals surface area contributed by atoms with E-state index in [0.717, 1.165) is 11.1 Å². The highest BCUT2D eigenvalue weighted by Gasteiger charge is 2.46. The molecule has 0 spiro atoms. The van der Waals surface area contributed by atoms with Gasteiger partial charge in [-0.25, -0.2) is 9.38 Å². The first-order valence-corrected chi connectivity index (χ1v) is 10.1. The highest BCUT2D eigenvalue weighted by Crippen LogP contribution is 2.53. The topological polar surface area (TPSA) is 66.6 Å². The molecule has 2 aliphatic heterocycles. The van der Waals surface area contributed by atoms with E-state index in [9.17, 15) is 14.3 Å². The van der Waals surface area contributed by atoms with E-state index in [1.165, 1.54) is 12.1 Å². The molecule has 3 aromatic rings. The fraction of sp³-hybridized carbons (Fsp3) is 0.261. The average molecular weight is 421 g/mol. The highest BCUT2D eigenvalue weighted by molar-refractivity contribution is 7.80. The van der Waals surface area contributed by atoms with Crippen molar-refractivity contribution in [2.45, 2.75) is 38.1 Å². The Balaban J connectivity index is 1.93. The molecule has 2 aromatic carbocycles. The van der Waals surface area contributed by atoms with Crippen LogP contribution in [0.25, 0.3) is 10.9 Å². The number of amides is 1. The molecule has 1 unspecified atom stereocenters. The van der Waals surface area contributed by atoms with E-state index < -0.39 is 22.7 Å². The molecule has 1 amide bonds. The van der Waals surface area contributed by atoms with Crippen LogP contribution in [0, 0.1) is 5.82 Å². The average Bonchev–Trinajstić information content (AvgIpc) is 3.15. The lowest BCUT2D eigenvalue weighted by molar-refractivity contribution is -0.113. The number of nitrogens with zero attached hydrogens (tertiary/aromatic N) is 2. The number of halogens is 1. The van der Waals surface area contributed by atoms with Gasteiger partial charge in [0.25, 0.3) is 5.91 Å². The number of thiocarbonyl (C=S) groups is 1. The molecule has 0 radical (unpaired) electrons. The van der Waals surface area contributed by atoms with E-state index in [0.29, 0.717) is 17.3 Å². The third-order valence-corrected chi connectivity index (χ3v) is 6.48. The van der Waals surface area contributed by atoms with Gasteiger partial charge in [0.1, 0.15) is 11.5 Å². The number of carbonyl (C=O) groups excluding carboxylic acids is 1. The molecule has 0 aliphatic carbocycles. The zero-order valence-electron chi connectivity index (χ0n) is 16.8. The van der Waals surface area contributed by atoms with Gasteiger partial charge in [-0.1, -0.05) is 37.3 Å². The molecule has 0 fully saturated rings. The van der Waals surface area contributed by atoms with Crippen LogP contribution in [0.1, 0.15) is 43.9 Å². The molecule has 0 saturated carbocycles. The first-order valence-electron chi connectivity index (χ1n) is 9.71. The number of carbonyl (C=O) groups is 1. The lowest BCUT2D eigenvalue weighted by Gasteiger charge is -2.45. The number of nitrogens with one attached hydrogen (secondary N) is 1. The molecule has 2 N–H and O–H groups in total. The van der Waals surface area contributed by atoms with Crippen molar-refractivity contribution < 1.29 is 14.3 Å². The monoisotopic (exact) mass is 421 g/mol. The summed E-state index contributed by atoms with van der Waals surface area (Å²) in [6.45, 7) is 6.16. The third kappa shape index (κ3) is 2.41. The fourth-order valence-electron chi connectivity index (χ4n) is 5.22. The van der Waals surface area contributed by atoms with Gasteiger partial charge in [-0.3, -0.25) is 10.1 Å². The molecule has 1 aromatic heterocycles. The summed E-state index contributed by atoms with van der Waals surface area (Å²) in [6.07, 6.45) is 0.633. The van der Waals surface area contributed by atoms with E-state index >= 15 is 0 Å². The molecule has 152 valence electrons. The van der Waals surface area contributed by atoms with Crippen LogP contribution in [0.2, 0.25) is 0 Å². The summed E-state index contributed by atoms with van der Waals surface area (Å²) in [4.78, 5) is 16.5. The molecule has 0 saturated heterocycles. The SMILES string of the molecule is CC1(c2ccccc2)CC(C)(C)n2c(O)c(C3=NC(=S)NC3=O)c3cc(F)cc1c32. The molecule has 1 atom stereocenters. The second-order valence-electron chi connectivity index (χ2n) is 8.79. The van der Waals surface area contributed by atoms with E-state index in [4.69, 9.17) is 12.2 Å². The van der Waals surface area contributed by atoms with Crippen LogP contribution in [0.5, 0.6) is 5.88 Å². The van der Waals surface area contributed by atoms with Crippen LogP contribution in [-0.2, 0) is 15.7 Å². The first-order chi connectivity index (χ1) is 14.1. The van der Waals surface area contributed by atoms with Crippen molar-refractivity contribution in [3.05, 3.63) is 65.0 Å². The standard InChI is InChI=1S/C23H20FN3O2S/c1-22(2)11-23(3,12-7-5-4-6-8-12)15-10-13(24)9-14-16(20(29)27(22)18(14)15)17-19(28)26-21(30)25-17/h4-10,29H,11H2,1-3H3,(H,26,28,30). The molecule has 3 heterocycles. The van der Waals surface area contributed by atoms with E-state index in [2.05, 4.69) is 17.2 Å². The molecule has 5 rings (SSSR count). The summed E-state index contributed by atoms with van der Waals surface area (Å²) in [5.41, 5.74) is 1.77. The van der Waals surface area contributed by atoms with Gasteiger partial charge in [0.15, 0.2) is 0 Å². The predicted molar refractivity (Wildman–Crippen MR) is 118 cm³/mol. The summed E-state index contributed by atoms with van der Waals surface area (Å²) in [7, 11) is 0. The zero-order valence-corrected chi connectivity index (χ0v) is 17.6. The van der Waals surface area contributed by atoms with Crippen LogP contribution in [-0.4, -0.2) is 26.4 Å². The molecule has 7 heteroatoms. The van der Waals surface area contributed by atoms with Crippen molar-refractivity contribution in [3.63, 3.8) is 0 Å². The van der Waals surface area contributed by atoms with Crippen LogP contribution < -0.4 is 5.32 Å². The number of hydrogen-bond acceptors (Lipinski definition) is 3. The third-order valence-electron chi connectivity index (χ3n) is 6.29. The maximum atomic E-state index is 14.9. The summed E-state index contributed by atoms with van der Waals surface area (Å²) in [5, 5.41) is 14.2. The second kappa shape index (κ2) is 5.98. The molecule has 5 nitrogen and oxygen atoms in total. The van der Waals surface area contributed by atoms with Gasteiger partial charge in [-0.05, 0) is 55.7 Å². The Morgan fingerprint density at radius 2 is 1.90 bits per heavy atom. The van der Waals surface area contributed by atoms with Gasteiger partial charge >= 0.3 is 0 Å². The Labute approximate surface area is 178 Å². The molecule has 2 aliphatic rings. The summed E-state index contributed by atoms with van der Waals surface area (Å²) in [6, 6.07) is 12.9. The smallest absolute Gasteiger partial charge is 0.277 e. The lowest BCUT2D eigenvalue weighted by atomic mass is 9.66. The number of aromatic nitrogens is 1. The second-order valence-corrected chi connectivity index (χ2v) is 9.18. The van der Waals surface area contributed by atoms with Gasteiger partial charge < -0.3 is 9.67 Å². The minimum atomic E-state index is -0.508. The van der Waals surface area contributed by atoms with Gasteiger partial charge in [-0.2, -0.15) is 0 Å². The molecular formula is C23H20FN3O2S. The number of aromatic hydroxyl groups is 1. The van der Waals surface area contributed by atoms with Crippen LogP contribution in [0.4, 0.5) is 4.39 Å². The van der Waals surface area contributed by atoms with Gasteiger partial charge in [0, 0.05) is 16.3 Å². The Morgan fingerprint density at radius 3 is 2.53 bits per heavy atom. The minimum absolute atomic E-state index is 0.0110. The van der Waals surface area contributed by atoms with Gasteiger partial charge in [0.2, 0.25) is 11.0 Å². The molecule has 0 bridgehead atoms. The normalized spacial score (nSPS) is 22.3. The van der Waals surface area contributed by atoms with Crippen LogP contribution in [0.3, 0.4) is 0 Å². The Kier molecular flexibility index (Phi) is 3.78. The van der Waals surface area contributed by atoms with Crippen molar-refractivity contribution in [1.82, 2.24) is 9.88 Å². The fourth-order valence-corrected chi connectivity index (χ4v) is 5.41. The Morgan fingerprint density at radius 1 is 1.20 bits per heavy atom. The quantitative estimate of drug-likeness (QED) is 0.612. The maximum absolute atomic E-state index is 14.9. The van der Waals surface area contributed by atoms with Crippen molar-refractivity contribution in [3.8, 4) is 5.88 Å². The van der Waals surface area contributed by atoms with Crippen molar-refractivity contribution in [1.29, 1.82) is 0 Å². The first kappa shape index (κ1) is 18.9. The minimum Gasteiger partial charge on any atom is -0.494 e. The van der Waals surface area contributed by atoms with Crippen molar-refractivity contribution in [2.24, 2.45) is 4.99 Å². The zero-order chi connectivity index (χ0) is 21.4. The largest absolute Gasteiger partial charge is 0.494 e. The van der Waals surface area contributed by atoms with Crippen LogP contribution >= 0.6 is 12.2 Å². The molecular weight excluding hydrogens is 401 g/mol. The van der Waals surface area contributed by atoms with Crippen molar-refractivity contribution in [2.75, 3.05) is 0 Å². The van der Waals surface area contributed by atoms with E-state index in [1.807, 2.05) is 44.2 Å². The number of aliphatic imine (C=N–C) groups is 1. The highest BCUT2D eigenvalue weighted by atomic mass is 32.1. The number of benzene rings is 2. The van der Waals surface area contributed by atoms with E-state index in [-0.39, 0.29) is 22.3 Å². The molecule has 30 heavy (non-hydrogen) atoms. The predicted octanol–water partition coefficient (Wildman–Crippen LogP) is 4.13. The van der Waals surface area contributed by atoms with Crippen molar-refractivity contribution >= 4 is 39.9 Å². The van der Waals surface area contributed by atoms with Crippen LogP contribution in [0.15, 0.2) is 47.5 Å². The summed E-state index contributed by atoms with van der Waals surface area (Å²) < 4.78 is 16.7. The number of rotatable bonds is 2. The number of hydrogen-bond donors (Lipinski definition) is 2. The maximum Gasteiger partial charge on any atom is 0.277 e. The summed E-state index contributed by atoms with van der Waals surface area (Å²) in [5.74, 6) is -1.03. The summed E-state index contributed by atoms with van der Waals surface area (Å²) >= 11 is 5.00. The Hall–Kier alpha value is -3.06. The van der Waals surface area contributed by atoms with Gasteiger partial charge in [-0.15, -0.1) is 0 Å². The van der Waals surface area contributed by atoms with Gasteiger partial charge in [0.05, 0.1) is 11.1 Å². The Bertz CT molecular complexity index is 1290. The van der Waals surface area contributed by atoms with E-state index in [1.54, 1.807) is 4.57 Å².